The molecule has 0 bridgehead atoms. The topological polar surface area (TPSA) is 123 Å². The van der Waals surface area contributed by atoms with Gasteiger partial charge in [0.05, 0.1) is 38.4 Å². The zero-order valence-electron chi connectivity index (χ0n) is 22.5. The molecule has 0 N–H and O–H groups in total. The van der Waals surface area contributed by atoms with Gasteiger partial charge in [0.1, 0.15) is 17.6 Å². The maximum Gasteiger partial charge on any atom is 0.291 e. The van der Waals surface area contributed by atoms with Gasteiger partial charge in [0.2, 0.25) is 15.0 Å². The van der Waals surface area contributed by atoms with E-state index in [-0.39, 0.29) is 23.3 Å². The number of hydrogen-bond donors (Lipinski definition) is 0. The van der Waals surface area contributed by atoms with Crippen molar-refractivity contribution in [3.63, 3.8) is 0 Å². The molecule has 16 heteroatoms. The summed E-state index contributed by atoms with van der Waals surface area (Å²) < 4.78 is 60.3. The summed E-state index contributed by atoms with van der Waals surface area (Å²) in [6, 6.07) is 2.62. The number of alkyl halides is 2. The standard InChI is InChI=1S/C25H27F2N7O4S3/c1-4-15-17(6-7-18(29-15)33-9-5-11-41(33,36)37)38-12-19(35)32-10-8-16-20(21(32)22-13(2)28-14(3)39-22)34-25(30-16)40-24(31-34)23(26)27/h6-7,21,23H,4-5,8-12H2,1-3H3. The lowest BCUT2D eigenvalue weighted by Gasteiger charge is -2.35. The number of thiazole rings is 1. The Labute approximate surface area is 242 Å². The van der Waals surface area contributed by atoms with Crippen LogP contribution < -0.4 is 9.04 Å². The van der Waals surface area contributed by atoms with E-state index in [1.54, 1.807) is 17.0 Å². The lowest BCUT2D eigenvalue weighted by molar-refractivity contribution is -0.135. The number of anilines is 1. The monoisotopic (exact) mass is 623 g/mol. The first kappa shape index (κ1) is 27.9. The van der Waals surface area contributed by atoms with Gasteiger partial charge in [-0.05, 0) is 38.8 Å². The number of rotatable bonds is 7. The first-order valence-corrected chi connectivity index (χ1v) is 16.3. The van der Waals surface area contributed by atoms with Gasteiger partial charge in [-0.25, -0.2) is 36.7 Å². The van der Waals surface area contributed by atoms with Gasteiger partial charge in [0.25, 0.3) is 12.3 Å². The average Bonchev–Trinajstić information content (AvgIpc) is 3.68. The highest BCUT2D eigenvalue weighted by Gasteiger charge is 2.39. The Morgan fingerprint density at radius 2 is 1.98 bits per heavy atom. The maximum absolute atomic E-state index is 13.7. The molecule has 4 aromatic heterocycles. The summed E-state index contributed by atoms with van der Waals surface area (Å²) in [4.78, 5) is 30.2. The number of hydrogen-bond acceptors (Lipinski definition) is 10. The van der Waals surface area contributed by atoms with Gasteiger partial charge in [0.15, 0.2) is 11.6 Å². The van der Waals surface area contributed by atoms with Gasteiger partial charge >= 0.3 is 0 Å². The molecule has 6 rings (SSSR count). The number of fused-ring (bicyclic) bond motifs is 3. The summed E-state index contributed by atoms with van der Waals surface area (Å²) in [7, 11) is -3.38. The smallest absolute Gasteiger partial charge is 0.291 e. The number of pyridine rings is 1. The highest BCUT2D eigenvalue weighted by molar-refractivity contribution is 7.93. The third-order valence-electron chi connectivity index (χ3n) is 7.14. The Morgan fingerprint density at radius 1 is 1.17 bits per heavy atom. The molecule has 0 radical (unpaired) electrons. The minimum atomic E-state index is -3.38. The average molecular weight is 624 g/mol. The van der Waals surface area contributed by atoms with E-state index < -0.39 is 22.5 Å². The number of nitrogens with zero attached hydrogens (tertiary/aromatic N) is 7. The first-order valence-electron chi connectivity index (χ1n) is 13.1. The van der Waals surface area contributed by atoms with Crippen LogP contribution in [-0.2, 0) is 27.7 Å². The van der Waals surface area contributed by atoms with E-state index in [9.17, 15) is 22.0 Å². The number of sulfonamides is 1. The first-order chi connectivity index (χ1) is 19.6. The molecular weight excluding hydrogens is 597 g/mol. The molecule has 1 amide bonds. The molecule has 218 valence electrons. The SMILES string of the molecule is CCc1nc(N2CCCS2(=O)=O)ccc1OCC(=O)N1CCc2nc3sc(C(F)F)nn3c2C1c1sc(C)nc1C. The van der Waals surface area contributed by atoms with Crippen molar-refractivity contribution in [3.8, 4) is 5.75 Å². The molecule has 41 heavy (non-hydrogen) atoms. The Morgan fingerprint density at radius 3 is 2.63 bits per heavy atom. The zero-order chi connectivity index (χ0) is 29.1. The maximum atomic E-state index is 13.7. The normalized spacial score (nSPS) is 18.4. The minimum Gasteiger partial charge on any atom is -0.482 e. The van der Waals surface area contributed by atoms with Crippen molar-refractivity contribution in [1.82, 2.24) is 29.5 Å². The summed E-state index contributed by atoms with van der Waals surface area (Å²) in [5.41, 5.74) is 2.59. The largest absolute Gasteiger partial charge is 0.482 e. The number of aryl methyl sites for hydroxylation is 3. The minimum absolute atomic E-state index is 0.0915. The highest BCUT2D eigenvalue weighted by atomic mass is 32.2. The second-order valence-electron chi connectivity index (χ2n) is 9.80. The molecule has 0 aliphatic carbocycles. The molecule has 6 heterocycles. The van der Waals surface area contributed by atoms with Crippen LogP contribution in [0.2, 0.25) is 0 Å². The summed E-state index contributed by atoms with van der Waals surface area (Å²) in [6.45, 7) is 6.06. The number of ether oxygens (including phenoxy) is 1. The Balaban J connectivity index is 1.30. The van der Waals surface area contributed by atoms with E-state index in [4.69, 9.17) is 4.74 Å². The summed E-state index contributed by atoms with van der Waals surface area (Å²) >= 11 is 2.28. The summed E-state index contributed by atoms with van der Waals surface area (Å²) in [5, 5.41) is 4.63. The number of imidazole rings is 1. The van der Waals surface area contributed by atoms with Crippen molar-refractivity contribution in [1.29, 1.82) is 0 Å². The van der Waals surface area contributed by atoms with Crippen LogP contribution in [0.3, 0.4) is 0 Å². The van der Waals surface area contributed by atoms with Gasteiger partial charge in [0, 0.05) is 19.5 Å². The van der Waals surface area contributed by atoms with Crippen molar-refractivity contribution in [3.05, 3.63) is 49.8 Å². The van der Waals surface area contributed by atoms with Crippen molar-refractivity contribution in [2.45, 2.75) is 52.5 Å². The molecule has 0 aromatic carbocycles. The van der Waals surface area contributed by atoms with Gasteiger partial charge in [-0.15, -0.1) is 11.3 Å². The van der Waals surface area contributed by atoms with Gasteiger partial charge in [-0.3, -0.25) is 9.10 Å². The third-order valence-corrected chi connectivity index (χ3v) is 11.0. The molecule has 0 saturated carbocycles. The van der Waals surface area contributed by atoms with Crippen LogP contribution in [0.5, 0.6) is 5.75 Å². The third kappa shape index (κ3) is 4.95. The van der Waals surface area contributed by atoms with Crippen molar-refractivity contribution >= 4 is 49.4 Å². The molecule has 1 saturated heterocycles. The number of amides is 1. The van der Waals surface area contributed by atoms with Crippen LogP contribution in [0.1, 0.15) is 63.5 Å². The molecule has 0 spiro atoms. The Kier molecular flexibility index (Phi) is 7.18. The highest BCUT2D eigenvalue weighted by Crippen LogP contribution is 2.41. The zero-order valence-corrected chi connectivity index (χ0v) is 25.0. The fourth-order valence-corrected chi connectivity index (χ4v) is 8.66. The fraction of sp³-hybridized carbons (Fsp3) is 0.480. The second kappa shape index (κ2) is 10.5. The molecule has 4 aromatic rings. The lowest BCUT2D eigenvalue weighted by atomic mass is 10.00. The molecule has 1 atom stereocenters. The van der Waals surface area contributed by atoms with E-state index >= 15 is 0 Å². The van der Waals surface area contributed by atoms with Crippen LogP contribution in [0.15, 0.2) is 12.1 Å². The Hall–Kier alpha value is -3.24. The van der Waals surface area contributed by atoms with E-state index in [0.717, 1.165) is 32.6 Å². The number of carbonyl (C=O) groups is 1. The molecule has 2 aliphatic rings. The second-order valence-corrected chi connectivity index (χ2v) is 14.0. The van der Waals surface area contributed by atoms with Crippen molar-refractivity contribution in [2.24, 2.45) is 0 Å². The lowest BCUT2D eigenvalue weighted by Crippen LogP contribution is -2.43. The molecule has 1 fully saturated rings. The quantitative estimate of drug-likeness (QED) is 0.304. The molecule has 1 unspecified atom stereocenters. The molecular formula is C25H27F2N7O4S3. The van der Waals surface area contributed by atoms with Gasteiger partial charge < -0.3 is 9.64 Å². The van der Waals surface area contributed by atoms with E-state index in [1.807, 2.05) is 20.8 Å². The van der Waals surface area contributed by atoms with E-state index in [0.29, 0.717) is 60.3 Å². The predicted molar refractivity (Wildman–Crippen MR) is 150 cm³/mol. The Bertz CT molecular complexity index is 1750. The van der Waals surface area contributed by atoms with Gasteiger partial charge in [-0.2, -0.15) is 5.10 Å². The van der Waals surface area contributed by atoms with Crippen LogP contribution in [0.25, 0.3) is 4.96 Å². The van der Waals surface area contributed by atoms with Crippen LogP contribution >= 0.6 is 22.7 Å². The van der Waals surface area contributed by atoms with Crippen LogP contribution in [0, 0.1) is 13.8 Å². The van der Waals surface area contributed by atoms with E-state index in [2.05, 4.69) is 20.1 Å². The summed E-state index contributed by atoms with van der Waals surface area (Å²) in [6.07, 6.45) is -1.26. The van der Waals surface area contributed by atoms with Crippen LogP contribution in [-0.4, -0.2) is 69.2 Å². The fourth-order valence-electron chi connectivity index (χ4n) is 5.32. The molecule has 2 aliphatic heterocycles. The van der Waals surface area contributed by atoms with Gasteiger partial charge in [-0.1, -0.05) is 18.3 Å². The number of aromatic nitrogens is 5. The van der Waals surface area contributed by atoms with E-state index in [1.165, 1.54) is 20.2 Å². The van der Waals surface area contributed by atoms with Crippen LogP contribution in [0.4, 0.5) is 14.6 Å². The van der Waals surface area contributed by atoms with Crippen molar-refractivity contribution in [2.75, 3.05) is 29.8 Å². The molecule has 11 nitrogen and oxygen atoms in total. The number of halogens is 2. The van der Waals surface area contributed by atoms with Crippen molar-refractivity contribution < 1.29 is 26.7 Å². The predicted octanol–water partition coefficient (Wildman–Crippen LogP) is 3.85. The number of carbonyl (C=O) groups excluding carboxylic acids is 1. The summed E-state index contributed by atoms with van der Waals surface area (Å²) in [5.74, 6) is 0.523.